The van der Waals surface area contributed by atoms with Crippen LogP contribution in [0.15, 0.2) is 48.5 Å². The standard InChI is InChI=1S/C20H24N2O2/c1-14-7-6-8-15(2)17(14)13-18(20(21)24)22-19(23)12-11-16-9-4-3-5-10-16/h3-10,18H,11-13H2,1-2H3,(H2,21,24)(H,22,23)/t18-/m1/s1. The molecule has 0 bridgehead atoms. The number of hydrogen-bond donors (Lipinski definition) is 2. The molecule has 126 valence electrons. The van der Waals surface area contributed by atoms with Gasteiger partial charge in [-0.1, -0.05) is 48.5 Å². The third-order valence-corrected chi connectivity index (χ3v) is 4.21. The molecule has 2 aromatic rings. The molecule has 2 aromatic carbocycles. The summed E-state index contributed by atoms with van der Waals surface area (Å²) in [7, 11) is 0. The van der Waals surface area contributed by atoms with Gasteiger partial charge in [-0.3, -0.25) is 9.59 Å². The highest BCUT2D eigenvalue weighted by Gasteiger charge is 2.20. The lowest BCUT2D eigenvalue weighted by atomic mass is 9.96. The lowest BCUT2D eigenvalue weighted by molar-refractivity contribution is -0.127. The van der Waals surface area contributed by atoms with Gasteiger partial charge in [0, 0.05) is 12.8 Å². The highest BCUT2D eigenvalue weighted by Crippen LogP contribution is 2.15. The second kappa shape index (κ2) is 8.29. The minimum atomic E-state index is -0.687. The zero-order valence-corrected chi connectivity index (χ0v) is 14.2. The van der Waals surface area contributed by atoms with Crippen LogP contribution in [-0.4, -0.2) is 17.9 Å². The van der Waals surface area contributed by atoms with E-state index < -0.39 is 11.9 Å². The summed E-state index contributed by atoms with van der Waals surface area (Å²) in [5.74, 6) is -0.667. The van der Waals surface area contributed by atoms with Crippen molar-refractivity contribution in [2.75, 3.05) is 0 Å². The Balaban J connectivity index is 1.98. The number of primary amides is 1. The average molecular weight is 324 g/mol. The first-order valence-corrected chi connectivity index (χ1v) is 8.15. The maximum Gasteiger partial charge on any atom is 0.240 e. The topological polar surface area (TPSA) is 72.2 Å². The van der Waals surface area contributed by atoms with Gasteiger partial charge in [-0.2, -0.15) is 0 Å². The maximum absolute atomic E-state index is 12.2. The number of aryl methyl sites for hydroxylation is 3. The van der Waals surface area contributed by atoms with Gasteiger partial charge < -0.3 is 11.1 Å². The number of hydrogen-bond acceptors (Lipinski definition) is 2. The molecule has 0 heterocycles. The zero-order chi connectivity index (χ0) is 17.5. The predicted molar refractivity (Wildman–Crippen MR) is 95.5 cm³/mol. The summed E-state index contributed by atoms with van der Waals surface area (Å²) >= 11 is 0. The van der Waals surface area contributed by atoms with E-state index in [9.17, 15) is 9.59 Å². The number of amides is 2. The molecule has 0 saturated heterocycles. The van der Waals surface area contributed by atoms with Crippen LogP contribution < -0.4 is 11.1 Å². The fourth-order valence-electron chi connectivity index (χ4n) is 2.77. The average Bonchev–Trinajstić information content (AvgIpc) is 2.56. The third kappa shape index (κ3) is 4.95. The molecule has 0 fully saturated rings. The Kier molecular flexibility index (Phi) is 6.13. The van der Waals surface area contributed by atoms with Crippen LogP contribution in [0, 0.1) is 13.8 Å². The minimum Gasteiger partial charge on any atom is -0.368 e. The fraction of sp³-hybridized carbons (Fsp3) is 0.300. The summed E-state index contributed by atoms with van der Waals surface area (Å²) in [6.45, 7) is 4.00. The van der Waals surface area contributed by atoms with Crippen molar-refractivity contribution in [3.05, 3.63) is 70.8 Å². The number of carbonyl (C=O) groups is 2. The summed E-state index contributed by atoms with van der Waals surface area (Å²) in [6.07, 6.45) is 1.40. The molecule has 1 atom stereocenters. The van der Waals surface area contributed by atoms with Crippen molar-refractivity contribution >= 4 is 11.8 Å². The molecule has 0 aliphatic carbocycles. The van der Waals surface area contributed by atoms with Crippen LogP contribution in [0.1, 0.15) is 28.7 Å². The Morgan fingerprint density at radius 3 is 2.21 bits per heavy atom. The van der Waals surface area contributed by atoms with Gasteiger partial charge >= 0.3 is 0 Å². The molecular formula is C20H24N2O2. The van der Waals surface area contributed by atoms with Gasteiger partial charge in [0.2, 0.25) is 11.8 Å². The van der Waals surface area contributed by atoms with Crippen LogP contribution in [0.3, 0.4) is 0 Å². The number of benzene rings is 2. The molecule has 4 heteroatoms. The summed E-state index contributed by atoms with van der Waals surface area (Å²) in [6, 6.07) is 15.1. The molecule has 0 aliphatic heterocycles. The number of rotatable bonds is 7. The van der Waals surface area contributed by atoms with E-state index in [0.29, 0.717) is 19.3 Å². The number of carbonyl (C=O) groups excluding carboxylic acids is 2. The normalized spacial score (nSPS) is 11.8. The fourth-order valence-corrected chi connectivity index (χ4v) is 2.77. The highest BCUT2D eigenvalue weighted by molar-refractivity contribution is 5.87. The van der Waals surface area contributed by atoms with Crippen molar-refractivity contribution in [1.29, 1.82) is 0 Å². The second-order valence-corrected chi connectivity index (χ2v) is 6.08. The molecule has 3 N–H and O–H groups in total. The molecule has 0 spiro atoms. The lowest BCUT2D eigenvalue weighted by Gasteiger charge is -2.18. The summed E-state index contributed by atoms with van der Waals surface area (Å²) in [5, 5.41) is 2.78. The lowest BCUT2D eigenvalue weighted by Crippen LogP contribution is -2.46. The Labute approximate surface area is 143 Å². The molecule has 0 aliphatic rings. The molecular weight excluding hydrogens is 300 g/mol. The Morgan fingerprint density at radius 2 is 1.62 bits per heavy atom. The van der Waals surface area contributed by atoms with Crippen molar-refractivity contribution in [1.82, 2.24) is 5.32 Å². The van der Waals surface area contributed by atoms with E-state index >= 15 is 0 Å². The summed E-state index contributed by atoms with van der Waals surface area (Å²) in [5.41, 5.74) is 9.84. The summed E-state index contributed by atoms with van der Waals surface area (Å²) in [4.78, 5) is 23.9. The summed E-state index contributed by atoms with van der Waals surface area (Å²) < 4.78 is 0. The highest BCUT2D eigenvalue weighted by atomic mass is 16.2. The molecule has 4 nitrogen and oxygen atoms in total. The van der Waals surface area contributed by atoms with E-state index in [1.807, 2.05) is 62.4 Å². The first-order chi connectivity index (χ1) is 11.5. The Bertz CT molecular complexity index is 691. The van der Waals surface area contributed by atoms with Crippen molar-refractivity contribution < 1.29 is 9.59 Å². The smallest absolute Gasteiger partial charge is 0.240 e. The van der Waals surface area contributed by atoms with Crippen LogP contribution in [0.4, 0.5) is 0 Å². The third-order valence-electron chi connectivity index (χ3n) is 4.21. The Morgan fingerprint density at radius 1 is 1.00 bits per heavy atom. The van der Waals surface area contributed by atoms with Crippen LogP contribution in [0.2, 0.25) is 0 Å². The zero-order valence-electron chi connectivity index (χ0n) is 14.2. The van der Waals surface area contributed by atoms with E-state index in [0.717, 1.165) is 22.3 Å². The van der Waals surface area contributed by atoms with Crippen molar-refractivity contribution in [3.8, 4) is 0 Å². The monoisotopic (exact) mass is 324 g/mol. The SMILES string of the molecule is Cc1cccc(C)c1C[C@@H](NC(=O)CCc1ccccc1)C(N)=O. The number of nitrogens with two attached hydrogens (primary N) is 1. The van der Waals surface area contributed by atoms with Gasteiger partial charge in [-0.15, -0.1) is 0 Å². The Hall–Kier alpha value is -2.62. The maximum atomic E-state index is 12.2. The van der Waals surface area contributed by atoms with Crippen molar-refractivity contribution in [3.63, 3.8) is 0 Å². The molecule has 24 heavy (non-hydrogen) atoms. The van der Waals surface area contributed by atoms with Gasteiger partial charge in [0.1, 0.15) is 6.04 Å². The van der Waals surface area contributed by atoms with Crippen LogP contribution in [-0.2, 0) is 22.4 Å². The first kappa shape index (κ1) is 17.7. The van der Waals surface area contributed by atoms with Gasteiger partial charge in [-0.05, 0) is 42.5 Å². The van der Waals surface area contributed by atoms with Gasteiger partial charge in [0.05, 0.1) is 0 Å². The molecule has 2 rings (SSSR count). The quantitative estimate of drug-likeness (QED) is 0.821. The van der Waals surface area contributed by atoms with Crippen LogP contribution in [0.5, 0.6) is 0 Å². The van der Waals surface area contributed by atoms with Crippen molar-refractivity contribution in [2.24, 2.45) is 5.73 Å². The molecule has 0 saturated carbocycles. The predicted octanol–water partition coefficient (Wildman–Crippen LogP) is 2.45. The van der Waals surface area contributed by atoms with Crippen molar-refractivity contribution in [2.45, 2.75) is 39.2 Å². The van der Waals surface area contributed by atoms with Gasteiger partial charge in [-0.25, -0.2) is 0 Å². The van der Waals surface area contributed by atoms with Crippen LogP contribution >= 0.6 is 0 Å². The van der Waals surface area contributed by atoms with Gasteiger partial charge in [0.25, 0.3) is 0 Å². The van der Waals surface area contributed by atoms with E-state index in [1.165, 1.54) is 0 Å². The van der Waals surface area contributed by atoms with E-state index in [2.05, 4.69) is 5.32 Å². The number of nitrogens with one attached hydrogen (secondary N) is 1. The second-order valence-electron chi connectivity index (χ2n) is 6.08. The minimum absolute atomic E-state index is 0.158. The van der Waals surface area contributed by atoms with Crippen LogP contribution in [0.25, 0.3) is 0 Å². The van der Waals surface area contributed by atoms with E-state index in [4.69, 9.17) is 5.73 Å². The molecule has 2 amide bonds. The van der Waals surface area contributed by atoms with E-state index in [-0.39, 0.29) is 5.91 Å². The molecule has 0 aromatic heterocycles. The molecule has 0 unspecified atom stereocenters. The largest absolute Gasteiger partial charge is 0.368 e. The van der Waals surface area contributed by atoms with Gasteiger partial charge in [0.15, 0.2) is 0 Å². The first-order valence-electron chi connectivity index (χ1n) is 8.15. The molecule has 0 radical (unpaired) electrons. The van der Waals surface area contributed by atoms with E-state index in [1.54, 1.807) is 0 Å².